The molecule has 0 unspecified atom stereocenters. The van der Waals surface area contributed by atoms with E-state index in [1.165, 1.54) is 46.1 Å². The van der Waals surface area contributed by atoms with Crippen LogP contribution >= 0.6 is 11.3 Å². The number of nitrogens with zero attached hydrogens (tertiary/aromatic N) is 5. The summed E-state index contributed by atoms with van der Waals surface area (Å²) in [5.74, 6) is 0.700. The van der Waals surface area contributed by atoms with Gasteiger partial charge in [-0.3, -0.25) is 10.1 Å². The van der Waals surface area contributed by atoms with Crippen molar-refractivity contribution in [1.82, 2.24) is 8.98 Å². The van der Waals surface area contributed by atoms with Gasteiger partial charge in [-0.25, -0.2) is 18.1 Å². The molecular formula is C29H27N5O7S2. The van der Waals surface area contributed by atoms with Crippen molar-refractivity contribution in [2.24, 2.45) is 10.1 Å². The number of ether oxygens (including phenoxy) is 3. The number of morpholine rings is 1. The lowest BCUT2D eigenvalue weighted by Gasteiger charge is -2.26. The molecule has 222 valence electrons. The highest BCUT2D eigenvalue weighted by Gasteiger charge is 2.26. The van der Waals surface area contributed by atoms with Crippen LogP contribution < -0.4 is 14.3 Å². The van der Waals surface area contributed by atoms with Gasteiger partial charge in [-0.05, 0) is 61.4 Å². The first-order valence-electron chi connectivity index (χ1n) is 13.3. The SMILES string of the molecule is Cc1ccc(-c2csc(=Nc3ccc(S(=O)(=O)N4CCOCC4)cc3)n2N=Cc2cc3c(cc2[N+](=O)[O-])OCO3)cc1C. The van der Waals surface area contributed by atoms with Crippen molar-refractivity contribution in [3.8, 4) is 22.8 Å². The number of benzene rings is 3. The lowest BCUT2D eigenvalue weighted by molar-refractivity contribution is -0.385. The molecule has 14 heteroatoms. The van der Waals surface area contributed by atoms with E-state index in [2.05, 4.69) is 5.10 Å². The maximum atomic E-state index is 13.0. The van der Waals surface area contributed by atoms with E-state index in [4.69, 9.17) is 19.2 Å². The lowest BCUT2D eigenvalue weighted by Crippen LogP contribution is -2.40. The summed E-state index contributed by atoms with van der Waals surface area (Å²) < 4.78 is 45.1. The van der Waals surface area contributed by atoms with Crippen molar-refractivity contribution in [3.05, 3.63) is 91.6 Å². The van der Waals surface area contributed by atoms with Crippen LogP contribution in [-0.4, -0.2) is 61.6 Å². The summed E-state index contributed by atoms with van der Waals surface area (Å²) in [6, 6.07) is 15.2. The summed E-state index contributed by atoms with van der Waals surface area (Å²) >= 11 is 1.34. The van der Waals surface area contributed by atoms with Gasteiger partial charge in [-0.1, -0.05) is 12.1 Å². The zero-order chi connectivity index (χ0) is 30.1. The van der Waals surface area contributed by atoms with Crippen molar-refractivity contribution in [3.63, 3.8) is 0 Å². The Morgan fingerprint density at radius 1 is 0.977 bits per heavy atom. The van der Waals surface area contributed by atoms with Crippen molar-refractivity contribution < 1.29 is 27.6 Å². The smallest absolute Gasteiger partial charge is 0.282 e. The second-order valence-corrected chi connectivity index (χ2v) is 12.7. The first-order chi connectivity index (χ1) is 20.7. The van der Waals surface area contributed by atoms with Crippen LogP contribution in [-0.2, 0) is 14.8 Å². The molecule has 0 amide bonds. The Hall–Kier alpha value is -4.37. The molecule has 0 atom stereocenters. The summed E-state index contributed by atoms with van der Waals surface area (Å²) in [6.07, 6.45) is 1.40. The third kappa shape index (κ3) is 5.82. The second-order valence-electron chi connectivity index (χ2n) is 9.90. The Morgan fingerprint density at radius 3 is 2.40 bits per heavy atom. The number of hydrogen-bond acceptors (Lipinski definition) is 10. The molecule has 3 aromatic carbocycles. The van der Waals surface area contributed by atoms with Gasteiger partial charge in [0.25, 0.3) is 5.69 Å². The van der Waals surface area contributed by atoms with Gasteiger partial charge in [0.1, 0.15) is 0 Å². The minimum absolute atomic E-state index is 0.0150. The van der Waals surface area contributed by atoms with E-state index in [-0.39, 0.29) is 22.9 Å². The van der Waals surface area contributed by atoms with Crippen molar-refractivity contribution in [2.45, 2.75) is 18.7 Å². The molecule has 6 rings (SSSR count). The summed E-state index contributed by atoms with van der Waals surface area (Å²) in [5.41, 5.74) is 4.45. The quantitative estimate of drug-likeness (QED) is 0.167. The highest BCUT2D eigenvalue weighted by atomic mass is 32.2. The first kappa shape index (κ1) is 28.7. The number of aromatic nitrogens is 1. The minimum atomic E-state index is -3.64. The first-order valence-corrected chi connectivity index (χ1v) is 15.7. The maximum Gasteiger partial charge on any atom is 0.282 e. The highest BCUT2D eigenvalue weighted by molar-refractivity contribution is 7.89. The number of rotatable bonds is 7. The summed E-state index contributed by atoms with van der Waals surface area (Å²) in [4.78, 5) is 16.7. The average molecular weight is 622 g/mol. The summed E-state index contributed by atoms with van der Waals surface area (Å²) in [6.45, 7) is 5.38. The molecule has 4 aromatic rings. The van der Waals surface area contributed by atoms with Crippen LogP contribution in [0.3, 0.4) is 0 Å². The van der Waals surface area contributed by atoms with Crippen LogP contribution in [0.2, 0.25) is 0 Å². The standard InChI is InChI=1S/C29H27N5O7S2/c1-19-3-4-21(13-20(19)2)26-17-42-29(31-23-5-7-24(8-6-23)43(37,38)32-9-11-39-12-10-32)33(26)30-16-22-14-27-28(41-18-40-27)15-25(22)34(35)36/h3-8,13-17H,9-12,18H2,1-2H3. The fraction of sp³-hybridized carbons (Fsp3) is 0.241. The number of nitro benzene ring substituents is 1. The molecule has 0 N–H and O–H groups in total. The topological polar surface area (TPSA) is 138 Å². The van der Waals surface area contributed by atoms with Crippen LogP contribution in [0.1, 0.15) is 16.7 Å². The third-order valence-electron chi connectivity index (χ3n) is 7.19. The zero-order valence-corrected chi connectivity index (χ0v) is 24.9. The molecule has 43 heavy (non-hydrogen) atoms. The average Bonchev–Trinajstić information content (AvgIpc) is 3.64. The highest BCUT2D eigenvalue weighted by Crippen LogP contribution is 2.37. The van der Waals surface area contributed by atoms with Gasteiger partial charge in [-0.2, -0.15) is 9.41 Å². The Kier molecular flexibility index (Phi) is 7.83. The van der Waals surface area contributed by atoms with Crippen LogP contribution in [0.15, 0.2) is 75.0 Å². The van der Waals surface area contributed by atoms with E-state index in [0.29, 0.717) is 48.3 Å². The third-order valence-corrected chi connectivity index (χ3v) is 9.92. The largest absolute Gasteiger partial charge is 0.454 e. The molecule has 0 aliphatic carbocycles. The van der Waals surface area contributed by atoms with Gasteiger partial charge >= 0.3 is 0 Å². The molecule has 2 aliphatic heterocycles. The van der Waals surface area contributed by atoms with Crippen molar-refractivity contribution >= 4 is 38.9 Å². The van der Waals surface area contributed by atoms with Gasteiger partial charge in [0, 0.05) is 24.0 Å². The number of hydrogen-bond donors (Lipinski definition) is 0. The molecule has 1 fully saturated rings. The van der Waals surface area contributed by atoms with E-state index >= 15 is 0 Å². The molecule has 0 saturated carbocycles. The number of sulfonamides is 1. The Labute approximate surface area is 251 Å². The molecule has 0 spiro atoms. The van der Waals surface area contributed by atoms with Gasteiger partial charge < -0.3 is 14.2 Å². The zero-order valence-electron chi connectivity index (χ0n) is 23.3. The number of fused-ring (bicyclic) bond motifs is 1. The fourth-order valence-electron chi connectivity index (χ4n) is 4.66. The Morgan fingerprint density at radius 2 is 1.70 bits per heavy atom. The van der Waals surface area contributed by atoms with Crippen molar-refractivity contribution in [2.75, 3.05) is 33.1 Å². The van der Waals surface area contributed by atoms with E-state index in [9.17, 15) is 18.5 Å². The van der Waals surface area contributed by atoms with E-state index < -0.39 is 14.9 Å². The normalized spacial score (nSPS) is 15.8. The number of thiazole rings is 1. The predicted octanol–water partition coefficient (Wildman–Crippen LogP) is 4.61. The van der Waals surface area contributed by atoms with Crippen LogP contribution in [0.4, 0.5) is 11.4 Å². The van der Waals surface area contributed by atoms with Gasteiger partial charge in [-0.15, -0.1) is 11.3 Å². The lowest BCUT2D eigenvalue weighted by atomic mass is 10.1. The van der Waals surface area contributed by atoms with E-state index in [1.807, 2.05) is 37.4 Å². The molecule has 1 saturated heterocycles. The second kappa shape index (κ2) is 11.7. The number of nitro groups is 1. The molecule has 1 aromatic heterocycles. The van der Waals surface area contributed by atoms with Crippen LogP contribution in [0.5, 0.6) is 11.5 Å². The van der Waals surface area contributed by atoms with Gasteiger partial charge in [0.05, 0.1) is 52.3 Å². The fourth-order valence-corrected chi connectivity index (χ4v) is 6.92. The van der Waals surface area contributed by atoms with Gasteiger partial charge in [0.2, 0.25) is 21.6 Å². The monoisotopic (exact) mass is 621 g/mol. The van der Waals surface area contributed by atoms with Crippen LogP contribution in [0.25, 0.3) is 11.3 Å². The Bertz CT molecular complexity index is 1910. The molecule has 12 nitrogen and oxygen atoms in total. The maximum absolute atomic E-state index is 13.0. The molecular weight excluding hydrogens is 594 g/mol. The number of aryl methyl sites for hydroxylation is 2. The summed E-state index contributed by atoms with van der Waals surface area (Å²) in [5, 5.41) is 18.4. The van der Waals surface area contributed by atoms with E-state index in [0.717, 1.165) is 22.4 Å². The van der Waals surface area contributed by atoms with Crippen molar-refractivity contribution in [1.29, 1.82) is 0 Å². The predicted molar refractivity (Wildman–Crippen MR) is 161 cm³/mol. The minimum Gasteiger partial charge on any atom is -0.454 e. The molecule has 2 aliphatic rings. The molecule has 0 bridgehead atoms. The Balaban J connectivity index is 1.41. The van der Waals surface area contributed by atoms with Gasteiger partial charge in [0.15, 0.2) is 11.5 Å². The van der Waals surface area contributed by atoms with Crippen LogP contribution in [0, 0.1) is 24.0 Å². The molecule has 3 heterocycles. The van der Waals surface area contributed by atoms with E-state index in [1.54, 1.807) is 16.8 Å². The summed E-state index contributed by atoms with van der Waals surface area (Å²) in [7, 11) is -3.64. The molecule has 0 radical (unpaired) electrons.